The van der Waals surface area contributed by atoms with Crippen molar-refractivity contribution >= 4 is 6.98 Å². The minimum atomic E-state index is -4.71. The van der Waals surface area contributed by atoms with Crippen LogP contribution in [-0.2, 0) is 9.47 Å². The van der Waals surface area contributed by atoms with Crippen LogP contribution in [0.5, 0.6) is 0 Å². The van der Waals surface area contributed by atoms with Gasteiger partial charge in [0.1, 0.15) is 0 Å². The lowest BCUT2D eigenvalue weighted by Crippen LogP contribution is -2.43. The Hall–Kier alpha value is -0.225. The summed E-state index contributed by atoms with van der Waals surface area (Å²) >= 11 is 0. The zero-order valence-electron chi connectivity index (χ0n) is 7.85. The quantitative estimate of drug-likeness (QED) is 0.616. The van der Waals surface area contributed by atoms with E-state index in [9.17, 15) is 12.9 Å². The fourth-order valence-electron chi connectivity index (χ4n) is 2.25. The highest BCUT2D eigenvalue weighted by Gasteiger charge is 2.46. The van der Waals surface area contributed by atoms with Crippen LogP contribution in [0.25, 0.3) is 0 Å². The molecule has 82 valence electrons. The zero-order valence-corrected chi connectivity index (χ0v) is 7.85. The van der Waals surface area contributed by atoms with Gasteiger partial charge in [-0.25, -0.2) is 0 Å². The van der Waals surface area contributed by atoms with E-state index in [4.69, 9.17) is 9.47 Å². The first kappa shape index (κ1) is 10.3. The lowest BCUT2D eigenvalue weighted by molar-refractivity contribution is -0.0824. The molecule has 0 aromatic rings. The van der Waals surface area contributed by atoms with E-state index in [0.717, 1.165) is 0 Å². The molecule has 14 heavy (non-hydrogen) atoms. The zero-order chi connectivity index (χ0) is 10.2. The molecule has 0 bridgehead atoms. The highest BCUT2D eigenvalue weighted by atomic mass is 19.4. The second-order valence-electron chi connectivity index (χ2n) is 4.21. The van der Waals surface area contributed by atoms with E-state index in [-0.39, 0.29) is 19.4 Å². The van der Waals surface area contributed by atoms with Gasteiger partial charge in [-0.3, -0.25) is 0 Å². The molecule has 2 unspecified atom stereocenters. The van der Waals surface area contributed by atoms with Crippen molar-refractivity contribution < 1.29 is 22.4 Å². The summed E-state index contributed by atoms with van der Waals surface area (Å²) in [5.74, 6) is -1.15. The molecular weight excluding hydrogens is 196 g/mol. The Labute approximate surface area is 80.8 Å². The third kappa shape index (κ3) is 1.91. The van der Waals surface area contributed by atoms with E-state index in [0.29, 0.717) is 19.6 Å². The van der Waals surface area contributed by atoms with Crippen LogP contribution in [-0.4, -0.2) is 32.4 Å². The molecule has 2 atom stereocenters. The van der Waals surface area contributed by atoms with Crippen molar-refractivity contribution in [1.82, 2.24) is 0 Å². The molecule has 0 radical (unpaired) electrons. The Morgan fingerprint density at radius 2 is 2.00 bits per heavy atom. The van der Waals surface area contributed by atoms with Gasteiger partial charge < -0.3 is 22.4 Å². The van der Waals surface area contributed by atoms with Crippen molar-refractivity contribution in [2.75, 3.05) is 19.8 Å². The Bertz CT molecular complexity index is 213. The summed E-state index contributed by atoms with van der Waals surface area (Å²) in [6.07, 6.45) is 0.817. The van der Waals surface area contributed by atoms with Gasteiger partial charge in [0.15, 0.2) is 0 Å². The molecule has 2 aliphatic heterocycles. The van der Waals surface area contributed by atoms with Crippen LogP contribution in [0.4, 0.5) is 12.9 Å². The lowest BCUT2D eigenvalue weighted by atomic mass is 9.64. The summed E-state index contributed by atoms with van der Waals surface area (Å²) < 4.78 is 48.2. The predicted octanol–water partition coefficient (Wildman–Crippen LogP) is 2.17. The molecule has 2 rings (SSSR count). The molecule has 0 N–H and O–H groups in total. The Balaban J connectivity index is 2.03. The Morgan fingerprint density at radius 3 is 2.57 bits per heavy atom. The number of rotatable bonds is 1. The maximum Gasteiger partial charge on any atom is 0.481 e. The van der Waals surface area contributed by atoms with Gasteiger partial charge in [-0.15, -0.1) is 0 Å². The third-order valence-electron chi connectivity index (χ3n) is 3.13. The normalized spacial score (nSPS) is 39.2. The molecule has 2 fully saturated rings. The molecule has 0 aromatic heterocycles. The molecule has 6 heteroatoms. The van der Waals surface area contributed by atoms with Crippen LogP contribution < -0.4 is 0 Å². The highest BCUT2D eigenvalue weighted by Crippen LogP contribution is 2.44. The van der Waals surface area contributed by atoms with Gasteiger partial charge in [-0.2, -0.15) is 0 Å². The fourth-order valence-corrected chi connectivity index (χ4v) is 2.25. The predicted molar refractivity (Wildman–Crippen MR) is 46.2 cm³/mol. The SMILES string of the molecule is F[B-](F)(F)C1CCOC2(CCOC2)C1. The summed E-state index contributed by atoms with van der Waals surface area (Å²) in [7, 11) is 0. The summed E-state index contributed by atoms with van der Waals surface area (Å²) in [6.45, 7) is -3.64. The van der Waals surface area contributed by atoms with Crippen molar-refractivity contribution in [3.63, 3.8) is 0 Å². The molecule has 0 aromatic carbocycles. The first-order valence-electron chi connectivity index (χ1n) is 4.94. The Kier molecular flexibility index (Phi) is 2.51. The highest BCUT2D eigenvalue weighted by molar-refractivity contribution is 6.60. The van der Waals surface area contributed by atoms with Crippen LogP contribution in [0.2, 0.25) is 5.82 Å². The molecule has 0 aliphatic carbocycles. The topological polar surface area (TPSA) is 18.5 Å². The van der Waals surface area contributed by atoms with E-state index in [1.807, 2.05) is 0 Å². The number of halogens is 3. The molecule has 0 saturated carbocycles. The van der Waals surface area contributed by atoms with Crippen molar-refractivity contribution in [2.24, 2.45) is 0 Å². The second-order valence-corrected chi connectivity index (χ2v) is 4.21. The number of hydrogen-bond donors (Lipinski definition) is 0. The standard InChI is InChI=1S/C8H13BF3O2/c10-9(11,12)7-1-3-14-8(5-7)2-4-13-6-8/h7H,1-6H2/q-1. The number of ether oxygens (including phenoxy) is 2. The minimum Gasteiger partial charge on any atom is -0.449 e. The number of hydrogen-bond acceptors (Lipinski definition) is 2. The molecule has 2 aliphatic rings. The lowest BCUT2D eigenvalue weighted by Gasteiger charge is -2.41. The van der Waals surface area contributed by atoms with Gasteiger partial charge >= 0.3 is 6.98 Å². The van der Waals surface area contributed by atoms with Gasteiger partial charge in [0.05, 0.1) is 12.2 Å². The molecule has 2 heterocycles. The van der Waals surface area contributed by atoms with Crippen molar-refractivity contribution in [3.8, 4) is 0 Å². The average Bonchev–Trinajstić information content (AvgIpc) is 2.52. The van der Waals surface area contributed by atoms with Crippen LogP contribution in [0, 0.1) is 0 Å². The van der Waals surface area contributed by atoms with E-state index in [1.54, 1.807) is 0 Å². The van der Waals surface area contributed by atoms with Gasteiger partial charge in [0.25, 0.3) is 0 Å². The summed E-state index contributed by atoms with van der Waals surface area (Å²) in [5, 5.41) is 0. The third-order valence-corrected chi connectivity index (χ3v) is 3.13. The van der Waals surface area contributed by atoms with Gasteiger partial charge in [-0.1, -0.05) is 12.2 Å². The van der Waals surface area contributed by atoms with Crippen LogP contribution in [0.3, 0.4) is 0 Å². The smallest absolute Gasteiger partial charge is 0.449 e. The second kappa shape index (κ2) is 3.41. The van der Waals surface area contributed by atoms with E-state index in [1.165, 1.54) is 0 Å². The maximum atomic E-state index is 12.5. The first-order valence-corrected chi connectivity index (χ1v) is 4.94. The fraction of sp³-hybridized carbons (Fsp3) is 1.00. The summed E-state index contributed by atoms with van der Waals surface area (Å²) in [4.78, 5) is 0. The van der Waals surface area contributed by atoms with Gasteiger partial charge in [0, 0.05) is 19.6 Å². The van der Waals surface area contributed by atoms with Gasteiger partial charge in [0.2, 0.25) is 0 Å². The van der Waals surface area contributed by atoms with E-state index in [2.05, 4.69) is 0 Å². The molecule has 2 nitrogen and oxygen atoms in total. The van der Waals surface area contributed by atoms with E-state index >= 15 is 0 Å². The van der Waals surface area contributed by atoms with Crippen molar-refractivity contribution in [1.29, 1.82) is 0 Å². The monoisotopic (exact) mass is 209 g/mol. The molecule has 2 saturated heterocycles. The molecule has 0 amide bonds. The van der Waals surface area contributed by atoms with Crippen LogP contribution >= 0.6 is 0 Å². The first-order chi connectivity index (χ1) is 6.52. The van der Waals surface area contributed by atoms with Crippen LogP contribution in [0.15, 0.2) is 0 Å². The van der Waals surface area contributed by atoms with E-state index < -0.39 is 18.4 Å². The minimum absolute atomic E-state index is 0.0938. The van der Waals surface area contributed by atoms with Crippen LogP contribution in [0.1, 0.15) is 19.3 Å². The van der Waals surface area contributed by atoms with Gasteiger partial charge in [-0.05, 0) is 6.42 Å². The van der Waals surface area contributed by atoms with Crippen molar-refractivity contribution in [2.45, 2.75) is 30.7 Å². The molecular formula is C8H13BF3O2-. The maximum absolute atomic E-state index is 12.5. The largest absolute Gasteiger partial charge is 0.481 e. The Morgan fingerprint density at radius 1 is 1.21 bits per heavy atom. The molecule has 1 spiro atoms. The summed E-state index contributed by atoms with van der Waals surface area (Å²) in [6, 6.07) is 0. The average molecular weight is 209 g/mol. The summed E-state index contributed by atoms with van der Waals surface area (Å²) in [5.41, 5.74) is -0.625. The van der Waals surface area contributed by atoms with Crippen molar-refractivity contribution in [3.05, 3.63) is 0 Å².